The van der Waals surface area contributed by atoms with Crippen LogP contribution in [0.5, 0.6) is 0 Å². The van der Waals surface area contributed by atoms with Crippen molar-refractivity contribution in [2.24, 2.45) is 0 Å². The summed E-state index contributed by atoms with van der Waals surface area (Å²) < 4.78 is 20.4. The molecule has 0 spiro atoms. The van der Waals surface area contributed by atoms with E-state index in [0.717, 1.165) is 19.3 Å². The van der Waals surface area contributed by atoms with E-state index in [-0.39, 0.29) is 17.1 Å². The topological polar surface area (TPSA) is 93.9 Å². The number of nitrogens with one attached hydrogen (secondary N) is 1. The molecule has 0 radical (unpaired) electrons. The monoisotopic (exact) mass is 446 g/mol. The number of H-pyrrole nitrogens is 1. The fraction of sp³-hybridized carbons (Fsp3) is 0.250. The van der Waals surface area contributed by atoms with Crippen molar-refractivity contribution in [3.63, 3.8) is 0 Å². The first-order valence-corrected chi connectivity index (χ1v) is 9.74. The molecule has 146 valence electrons. The molecule has 0 aliphatic carbocycles. The van der Waals surface area contributed by atoms with Gasteiger partial charge in [-0.1, -0.05) is 31.9 Å². The summed E-state index contributed by atoms with van der Waals surface area (Å²) in [7, 11) is 0. The van der Waals surface area contributed by atoms with Crippen molar-refractivity contribution in [2.45, 2.75) is 26.2 Å². The van der Waals surface area contributed by atoms with Gasteiger partial charge in [0.05, 0.1) is 28.0 Å². The van der Waals surface area contributed by atoms with Gasteiger partial charge in [0.15, 0.2) is 0 Å². The van der Waals surface area contributed by atoms with Crippen LogP contribution >= 0.6 is 15.9 Å². The highest BCUT2D eigenvalue weighted by molar-refractivity contribution is 9.10. The van der Waals surface area contributed by atoms with Crippen LogP contribution < -0.4 is 5.73 Å². The molecule has 2 aromatic heterocycles. The number of aromatic nitrogens is 3. The summed E-state index contributed by atoms with van der Waals surface area (Å²) in [6.45, 7) is 2.38. The first kappa shape index (κ1) is 20.0. The summed E-state index contributed by atoms with van der Waals surface area (Å²) in [5, 5.41) is 0. The highest BCUT2D eigenvalue weighted by Gasteiger charge is 2.22. The number of aromatic amines is 1. The zero-order valence-corrected chi connectivity index (χ0v) is 16.9. The number of nitrogens with zero attached hydrogens (tertiary/aromatic N) is 2. The molecule has 3 aromatic rings. The average molecular weight is 447 g/mol. The Labute approximate surface area is 170 Å². The molecule has 0 bridgehead atoms. The van der Waals surface area contributed by atoms with E-state index in [1.165, 1.54) is 12.3 Å². The number of carbonyl (C=O) groups is 1. The van der Waals surface area contributed by atoms with Crippen LogP contribution in [0.3, 0.4) is 0 Å². The van der Waals surface area contributed by atoms with Crippen LogP contribution in [-0.4, -0.2) is 27.5 Å². The summed E-state index contributed by atoms with van der Waals surface area (Å²) in [6.07, 6.45) is 4.29. The average Bonchev–Trinajstić information content (AvgIpc) is 3.12. The Morgan fingerprint density at radius 3 is 2.86 bits per heavy atom. The van der Waals surface area contributed by atoms with Gasteiger partial charge in [0.1, 0.15) is 11.5 Å². The molecule has 0 fully saturated rings. The van der Waals surface area contributed by atoms with E-state index >= 15 is 0 Å². The third-order valence-corrected chi connectivity index (χ3v) is 4.76. The molecule has 2 heterocycles. The van der Waals surface area contributed by atoms with Gasteiger partial charge < -0.3 is 15.5 Å². The Bertz CT molecular complexity index is 990. The van der Waals surface area contributed by atoms with Crippen LogP contribution in [0.1, 0.15) is 36.5 Å². The molecular formula is C20H20BrFN4O2. The Hall–Kier alpha value is -2.74. The standard InChI is InChI=1S/C20H20BrFN4O2/c1-2-3-6-9-28-19(27)13-10-16(18-14(21)11-24-20(23)26-18)25-17(13)12-7-4-5-8-15(12)22/h4-5,7-8,10-11,25H,2-3,6,9H2,1H3,(H2,23,24,26). The second-order valence-electron chi connectivity index (χ2n) is 6.22. The summed E-state index contributed by atoms with van der Waals surface area (Å²) >= 11 is 3.38. The van der Waals surface area contributed by atoms with Crippen molar-refractivity contribution in [1.29, 1.82) is 0 Å². The highest BCUT2D eigenvalue weighted by atomic mass is 79.9. The van der Waals surface area contributed by atoms with E-state index in [9.17, 15) is 9.18 Å². The largest absolute Gasteiger partial charge is 0.462 e. The molecule has 0 saturated carbocycles. The molecule has 3 N–H and O–H groups in total. The third kappa shape index (κ3) is 4.39. The second kappa shape index (κ2) is 8.97. The predicted octanol–water partition coefficient (Wildman–Crippen LogP) is 4.97. The fourth-order valence-electron chi connectivity index (χ4n) is 2.78. The van der Waals surface area contributed by atoms with Gasteiger partial charge in [-0.25, -0.2) is 19.2 Å². The van der Waals surface area contributed by atoms with Gasteiger partial charge in [0, 0.05) is 11.8 Å². The van der Waals surface area contributed by atoms with Crippen LogP contribution in [0.4, 0.5) is 10.3 Å². The lowest BCUT2D eigenvalue weighted by Gasteiger charge is -2.06. The fourth-order valence-corrected chi connectivity index (χ4v) is 3.19. The zero-order chi connectivity index (χ0) is 20.1. The van der Waals surface area contributed by atoms with Gasteiger partial charge in [-0.2, -0.15) is 0 Å². The van der Waals surface area contributed by atoms with Crippen molar-refractivity contribution in [3.05, 3.63) is 52.4 Å². The maximum atomic E-state index is 14.4. The lowest BCUT2D eigenvalue weighted by Crippen LogP contribution is -2.07. The SMILES string of the molecule is CCCCCOC(=O)c1cc(-c2nc(N)ncc2Br)[nH]c1-c1ccccc1F. The summed E-state index contributed by atoms with van der Waals surface area (Å²) in [6, 6.07) is 7.82. The van der Waals surface area contributed by atoms with Crippen molar-refractivity contribution in [1.82, 2.24) is 15.0 Å². The predicted molar refractivity (Wildman–Crippen MR) is 109 cm³/mol. The molecule has 0 saturated heterocycles. The van der Waals surface area contributed by atoms with Gasteiger partial charge in [0.2, 0.25) is 5.95 Å². The molecule has 1 aromatic carbocycles. The number of carbonyl (C=O) groups excluding carboxylic acids is 1. The molecule has 28 heavy (non-hydrogen) atoms. The van der Waals surface area contributed by atoms with Crippen LogP contribution in [-0.2, 0) is 4.74 Å². The van der Waals surface area contributed by atoms with Crippen LogP contribution in [0, 0.1) is 5.82 Å². The minimum Gasteiger partial charge on any atom is -0.462 e. The van der Waals surface area contributed by atoms with Gasteiger partial charge in [-0.05, 0) is 40.5 Å². The van der Waals surface area contributed by atoms with E-state index in [1.54, 1.807) is 24.3 Å². The highest BCUT2D eigenvalue weighted by Crippen LogP contribution is 2.33. The number of hydrogen-bond acceptors (Lipinski definition) is 5. The number of hydrogen-bond donors (Lipinski definition) is 2. The number of esters is 1. The number of nitrogens with two attached hydrogens (primary N) is 1. The maximum Gasteiger partial charge on any atom is 0.340 e. The molecule has 3 rings (SSSR count). The molecular weight excluding hydrogens is 427 g/mol. The van der Waals surface area contributed by atoms with E-state index in [0.29, 0.717) is 28.2 Å². The lowest BCUT2D eigenvalue weighted by atomic mass is 10.1. The Kier molecular flexibility index (Phi) is 6.41. The number of benzene rings is 1. The molecule has 0 aliphatic rings. The smallest absolute Gasteiger partial charge is 0.340 e. The quantitative estimate of drug-likeness (QED) is 0.394. The van der Waals surface area contributed by atoms with Crippen molar-refractivity contribution in [3.8, 4) is 22.6 Å². The summed E-state index contributed by atoms with van der Waals surface area (Å²) in [5.74, 6) is -0.879. The molecule has 8 heteroatoms. The first-order valence-electron chi connectivity index (χ1n) is 8.94. The Balaban J connectivity index is 2.04. The Morgan fingerprint density at radius 2 is 2.11 bits per heavy atom. The van der Waals surface area contributed by atoms with Crippen molar-refractivity contribution in [2.75, 3.05) is 12.3 Å². The van der Waals surface area contributed by atoms with Gasteiger partial charge >= 0.3 is 5.97 Å². The molecule has 0 unspecified atom stereocenters. The van der Waals surface area contributed by atoms with Crippen molar-refractivity contribution >= 4 is 27.8 Å². The second-order valence-corrected chi connectivity index (χ2v) is 7.07. The van der Waals surface area contributed by atoms with E-state index < -0.39 is 11.8 Å². The number of halogens is 2. The number of ether oxygens (including phenoxy) is 1. The molecule has 0 amide bonds. The van der Waals surface area contributed by atoms with E-state index in [1.807, 2.05) is 0 Å². The van der Waals surface area contributed by atoms with Crippen LogP contribution in [0.25, 0.3) is 22.6 Å². The number of unbranched alkanes of at least 4 members (excludes halogenated alkanes) is 2. The van der Waals surface area contributed by atoms with Crippen LogP contribution in [0.15, 0.2) is 41.0 Å². The Morgan fingerprint density at radius 1 is 1.32 bits per heavy atom. The lowest BCUT2D eigenvalue weighted by molar-refractivity contribution is 0.0499. The minimum atomic E-state index is -0.519. The van der Waals surface area contributed by atoms with E-state index in [2.05, 4.69) is 37.8 Å². The summed E-state index contributed by atoms with van der Waals surface area (Å²) in [5.41, 5.74) is 7.50. The number of rotatable bonds is 7. The minimum absolute atomic E-state index is 0.0870. The first-order chi connectivity index (χ1) is 13.5. The van der Waals surface area contributed by atoms with Gasteiger partial charge in [-0.3, -0.25) is 0 Å². The zero-order valence-electron chi connectivity index (χ0n) is 15.3. The normalized spacial score (nSPS) is 10.8. The van der Waals surface area contributed by atoms with Crippen molar-refractivity contribution < 1.29 is 13.9 Å². The van der Waals surface area contributed by atoms with Gasteiger partial charge in [-0.15, -0.1) is 0 Å². The van der Waals surface area contributed by atoms with Gasteiger partial charge in [0.25, 0.3) is 0 Å². The summed E-state index contributed by atoms with van der Waals surface area (Å²) in [4.78, 5) is 23.9. The third-order valence-electron chi connectivity index (χ3n) is 4.18. The molecule has 0 atom stereocenters. The maximum absolute atomic E-state index is 14.4. The molecule has 6 nitrogen and oxygen atoms in total. The number of anilines is 1. The van der Waals surface area contributed by atoms with E-state index in [4.69, 9.17) is 10.5 Å². The van der Waals surface area contributed by atoms with Crippen LogP contribution in [0.2, 0.25) is 0 Å². The number of nitrogen functional groups attached to an aromatic ring is 1. The molecule has 0 aliphatic heterocycles.